The van der Waals surface area contributed by atoms with E-state index in [0.717, 1.165) is 21.2 Å². The molecule has 1 aliphatic rings. The number of hydrogen-bond acceptors (Lipinski definition) is 6. The number of nitrogens with zero attached hydrogens (tertiary/aromatic N) is 1. The molecule has 1 aliphatic heterocycles. The number of para-hydroxylation sites is 1. The van der Waals surface area contributed by atoms with Crippen LogP contribution in [0.5, 0.6) is 11.5 Å². The average Bonchev–Trinajstić information content (AvgIpc) is 3.33. The maximum Gasteiger partial charge on any atom is 0.252 e. The number of ether oxygens (including phenoxy) is 3. The zero-order chi connectivity index (χ0) is 27.0. The van der Waals surface area contributed by atoms with Gasteiger partial charge in [0.15, 0.2) is 11.6 Å². The van der Waals surface area contributed by atoms with Gasteiger partial charge in [0.2, 0.25) is 5.90 Å². The summed E-state index contributed by atoms with van der Waals surface area (Å²) in [6.45, 7) is 4.69. The normalized spacial score (nSPS) is 18.3. The number of nitrogens with one attached hydrogen (secondary N) is 1. The van der Waals surface area contributed by atoms with E-state index >= 15 is 0 Å². The first-order valence-electron chi connectivity index (χ1n) is 12.4. The van der Waals surface area contributed by atoms with Gasteiger partial charge in [-0.1, -0.05) is 52.3 Å². The number of methoxy groups -OCH3 is 1. The number of benzene rings is 3. The first kappa shape index (κ1) is 27.4. The van der Waals surface area contributed by atoms with Crippen molar-refractivity contribution < 1.29 is 24.1 Å². The van der Waals surface area contributed by atoms with Crippen molar-refractivity contribution in [2.75, 3.05) is 20.3 Å². The van der Waals surface area contributed by atoms with E-state index in [-0.39, 0.29) is 25.5 Å². The highest BCUT2D eigenvalue weighted by Crippen LogP contribution is 2.43. The first-order chi connectivity index (χ1) is 18.5. The minimum absolute atomic E-state index is 0.0741. The molecule has 3 aromatic rings. The fourth-order valence-corrected chi connectivity index (χ4v) is 4.61. The van der Waals surface area contributed by atoms with E-state index in [2.05, 4.69) is 27.8 Å². The van der Waals surface area contributed by atoms with Gasteiger partial charge in [0.25, 0.3) is 5.91 Å². The van der Waals surface area contributed by atoms with Crippen LogP contribution >= 0.6 is 15.9 Å². The number of aliphatic hydroxyl groups excluding tert-OH is 1. The smallest absolute Gasteiger partial charge is 0.252 e. The van der Waals surface area contributed by atoms with Crippen LogP contribution in [0.2, 0.25) is 0 Å². The van der Waals surface area contributed by atoms with Crippen LogP contribution in [0.3, 0.4) is 0 Å². The number of carbonyl (C=O) groups is 1. The van der Waals surface area contributed by atoms with Gasteiger partial charge in [-0.15, -0.1) is 6.58 Å². The van der Waals surface area contributed by atoms with E-state index in [4.69, 9.17) is 24.3 Å². The van der Waals surface area contributed by atoms with Crippen LogP contribution in [0.1, 0.15) is 35.6 Å². The van der Waals surface area contributed by atoms with Crippen molar-refractivity contribution in [1.82, 2.24) is 5.32 Å². The second kappa shape index (κ2) is 12.8. The predicted molar refractivity (Wildman–Crippen MR) is 151 cm³/mol. The summed E-state index contributed by atoms with van der Waals surface area (Å²) in [6, 6.07) is 22.6. The molecule has 0 unspecified atom stereocenters. The van der Waals surface area contributed by atoms with Crippen molar-refractivity contribution in [3.8, 4) is 11.5 Å². The van der Waals surface area contributed by atoms with Crippen LogP contribution in [0.4, 0.5) is 0 Å². The Morgan fingerprint density at radius 3 is 2.58 bits per heavy atom. The van der Waals surface area contributed by atoms with Crippen LogP contribution in [0.15, 0.2) is 94.9 Å². The number of aliphatic imine (C=N–C) groups is 1. The molecular formula is C30H31BrN2O5. The van der Waals surface area contributed by atoms with Crippen LogP contribution in [0.25, 0.3) is 0 Å². The number of hydrogen-bond donors (Lipinski definition) is 2. The lowest BCUT2D eigenvalue weighted by Gasteiger charge is -2.29. The van der Waals surface area contributed by atoms with Gasteiger partial charge in [0.05, 0.1) is 13.7 Å². The van der Waals surface area contributed by atoms with E-state index in [0.29, 0.717) is 30.4 Å². The second-order valence-electron chi connectivity index (χ2n) is 8.83. The second-order valence-corrected chi connectivity index (χ2v) is 9.74. The van der Waals surface area contributed by atoms with Crippen LogP contribution in [-0.4, -0.2) is 42.8 Å². The minimum Gasteiger partial charge on any atom is -0.496 e. The summed E-state index contributed by atoms with van der Waals surface area (Å²) < 4.78 is 18.4. The Labute approximate surface area is 231 Å². The molecule has 7 nitrogen and oxygen atoms in total. The van der Waals surface area contributed by atoms with Gasteiger partial charge in [-0.3, -0.25) is 4.79 Å². The quantitative estimate of drug-likeness (QED) is 0.223. The highest BCUT2D eigenvalue weighted by molar-refractivity contribution is 9.10. The lowest BCUT2D eigenvalue weighted by atomic mass is 9.84. The van der Waals surface area contributed by atoms with Gasteiger partial charge < -0.3 is 24.6 Å². The molecule has 3 aromatic carbocycles. The number of rotatable bonds is 12. The molecule has 0 fully saturated rings. The SMILES string of the molecule is C=CC[C@@]1(C(=O)NCc2ccccc2OC)N=C(c2ccc(OCCCO)cc2)O[C@@H]1c1ccc(Br)cc1. The van der Waals surface area contributed by atoms with Gasteiger partial charge >= 0.3 is 0 Å². The maximum atomic E-state index is 13.9. The highest BCUT2D eigenvalue weighted by Gasteiger charge is 2.52. The average molecular weight is 579 g/mol. The molecular weight excluding hydrogens is 548 g/mol. The third kappa shape index (κ3) is 6.09. The summed E-state index contributed by atoms with van der Waals surface area (Å²) in [7, 11) is 1.60. The van der Waals surface area contributed by atoms with Crippen molar-refractivity contribution >= 4 is 27.7 Å². The maximum absolute atomic E-state index is 13.9. The molecule has 0 radical (unpaired) electrons. The summed E-state index contributed by atoms with van der Waals surface area (Å²) >= 11 is 3.48. The van der Waals surface area contributed by atoms with Crippen molar-refractivity contribution in [1.29, 1.82) is 0 Å². The molecule has 2 atom stereocenters. The van der Waals surface area contributed by atoms with Crippen molar-refractivity contribution in [2.45, 2.75) is 31.0 Å². The van der Waals surface area contributed by atoms with Crippen molar-refractivity contribution in [2.24, 2.45) is 4.99 Å². The van der Waals surface area contributed by atoms with Crippen LogP contribution in [0, 0.1) is 0 Å². The van der Waals surface area contributed by atoms with Gasteiger partial charge in [-0.2, -0.15) is 0 Å². The standard InChI is InChI=1S/C30H31BrN2O5/c1-3-17-30(29(35)32-20-23-7-4-5-8-26(23)36-2)27(21-9-13-24(31)14-10-21)38-28(33-30)22-11-15-25(16-12-22)37-19-6-18-34/h3-5,7-16,27,34H,1,6,17-20H2,2H3,(H,32,35)/t27-,30-/m1/s1. The summed E-state index contributed by atoms with van der Waals surface area (Å²) in [5.74, 6) is 1.48. The van der Waals surface area contributed by atoms with Crippen LogP contribution in [-0.2, 0) is 16.1 Å². The summed E-state index contributed by atoms with van der Waals surface area (Å²) in [5.41, 5.74) is 1.15. The molecule has 0 aromatic heterocycles. The largest absolute Gasteiger partial charge is 0.496 e. The summed E-state index contributed by atoms with van der Waals surface area (Å²) in [5, 5.41) is 12.0. The van der Waals surface area contributed by atoms with Gasteiger partial charge in [0, 0.05) is 41.6 Å². The fourth-order valence-electron chi connectivity index (χ4n) is 4.35. The molecule has 0 bridgehead atoms. The number of carbonyl (C=O) groups excluding carboxylic acids is 1. The molecule has 0 saturated carbocycles. The lowest BCUT2D eigenvalue weighted by molar-refractivity contribution is -0.129. The highest BCUT2D eigenvalue weighted by atomic mass is 79.9. The third-order valence-electron chi connectivity index (χ3n) is 6.29. The zero-order valence-electron chi connectivity index (χ0n) is 21.2. The molecule has 8 heteroatoms. The molecule has 1 heterocycles. The molecule has 198 valence electrons. The van der Waals surface area contributed by atoms with E-state index in [1.807, 2.05) is 72.8 Å². The van der Waals surface area contributed by atoms with E-state index in [1.165, 1.54) is 0 Å². The number of halogens is 1. The minimum atomic E-state index is -1.26. The van der Waals surface area contributed by atoms with E-state index in [1.54, 1.807) is 13.2 Å². The van der Waals surface area contributed by atoms with Crippen molar-refractivity contribution in [3.05, 3.63) is 107 Å². The zero-order valence-corrected chi connectivity index (χ0v) is 22.8. The Hall–Kier alpha value is -3.62. The molecule has 0 saturated heterocycles. The molecule has 0 aliphatic carbocycles. The molecule has 2 N–H and O–H groups in total. The lowest BCUT2D eigenvalue weighted by Crippen LogP contribution is -2.47. The summed E-state index contributed by atoms with van der Waals surface area (Å²) in [6.07, 6.45) is 1.86. The molecule has 0 spiro atoms. The van der Waals surface area contributed by atoms with E-state index in [9.17, 15) is 4.79 Å². The van der Waals surface area contributed by atoms with Gasteiger partial charge in [-0.05, 0) is 48.0 Å². The Morgan fingerprint density at radius 2 is 1.89 bits per heavy atom. The molecule has 38 heavy (non-hydrogen) atoms. The van der Waals surface area contributed by atoms with Crippen LogP contribution < -0.4 is 14.8 Å². The van der Waals surface area contributed by atoms with E-state index < -0.39 is 11.6 Å². The topological polar surface area (TPSA) is 89.4 Å². The molecule has 1 amide bonds. The Morgan fingerprint density at radius 1 is 1.16 bits per heavy atom. The number of aliphatic hydroxyl groups is 1. The Bertz CT molecular complexity index is 1280. The fraction of sp³-hybridized carbons (Fsp3) is 0.267. The Kier molecular flexibility index (Phi) is 9.20. The molecule has 4 rings (SSSR count). The van der Waals surface area contributed by atoms with Gasteiger partial charge in [0.1, 0.15) is 11.5 Å². The van der Waals surface area contributed by atoms with Crippen molar-refractivity contribution in [3.63, 3.8) is 0 Å². The predicted octanol–water partition coefficient (Wildman–Crippen LogP) is 5.37. The first-order valence-corrected chi connectivity index (χ1v) is 13.2. The Balaban J connectivity index is 1.67. The van der Waals surface area contributed by atoms with Gasteiger partial charge in [-0.25, -0.2) is 4.99 Å². The summed E-state index contributed by atoms with van der Waals surface area (Å²) in [4.78, 5) is 18.8. The number of amides is 1. The monoisotopic (exact) mass is 578 g/mol. The third-order valence-corrected chi connectivity index (χ3v) is 6.82.